The summed E-state index contributed by atoms with van der Waals surface area (Å²) in [5.41, 5.74) is 0.493. The van der Waals surface area contributed by atoms with Gasteiger partial charge in [0.25, 0.3) is 5.89 Å². The van der Waals surface area contributed by atoms with Gasteiger partial charge in [0, 0.05) is 11.0 Å². The molecule has 0 saturated carbocycles. The summed E-state index contributed by atoms with van der Waals surface area (Å²) in [5.74, 6) is 1.48. The van der Waals surface area contributed by atoms with Gasteiger partial charge >= 0.3 is 0 Å². The minimum absolute atomic E-state index is 0.0468. The Morgan fingerprint density at radius 2 is 2.00 bits per heavy atom. The van der Waals surface area contributed by atoms with Crippen molar-refractivity contribution in [3.63, 3.8) is 0 Å². The molecule has 0 fully saturated rings. The van der Waals surface area contributed by atoms with Gasteiger partial charge in [-0.15, -0.1) is 0 Å². The van der Waals surface area contributed by atoms with Crippen molar-refractivity contribution in [2.45, 2.75) is 26.2 Å². The molecule has 0 aliphatic carbocycles. The summed E-state index contributed by atoms with van der Waals surface area (Å²) in [5, 5.41) is 13.6. The fourth-order valence-electron chi connectivity index (χ4n) is 1.47. The van der Waals surface area contributed by atoms with E-state index in [0.29, 0.717) is 23.0 Å². The average molecular weight is 248 g/mol. The van der Waals surface area contributed by atoms with Crippen LogP contribution in [-0.4, -0.2) is 22.4 Å². The van der Waals surface area contributed by atoms with E-state index in [9.17, 15) is 5.11 Å². The number of rotatable bonds is 2. The fraction of sp³-hybridized carbons (Fsp3) is 0.385. The van der Waals surface area contributed by atoms with Crippen LogP contribution in [0.5, 0.6) is 11.5 Å². The van der Waals surface area contributed by atoms with Crippen LogP contribution in [0.4, 0.5) is 0 Å². The number of aromatic nitrogens is 2. The second kappa shape index (κ2) is 4.33. The van der Waals surface area contributed by atoms with E-state index >= 15 is 0 Å². The molecular weight excluding hydrogens is 232 g/mol. The highest BCUT2D eigenvalue weighted by atomic mass is 16.5. The van der Waals surface area contributed by atoms with E-state index in [0.717, 1.165) is 0 Å². The number of ether oxygens (including phenoxy) is 1. The Bertz CT molecular complexity index is 556. The van der Waals surface area contributed by atoms with Crippen LogP contribution in [0.3, 0.4) is 0 Å². The molecule has 1 aromatic heterocycles. The summed E-state index contributed by atoms with van der Waals surface area (Å²) in [6, 6.07) is 4.96. The second-order valence-electron chi connectivity index (χ2n) is 5.06. The average Bonchev–Trinajstić information content (AvgIpc) is 2.77. The van der Waals surface area contributed by atoms with Crippen molar-refractivity contribution in [3.05, 3.63) is 24.0 Å². The van der Waals surface area contributed by atoms with Crippen molar-refractivity contribution < 1.29 is 14.4 Å². The van der Waals surface area contributed by atoms with Gasteiger partial charge in [-0.3, -0.25) is 0 Å². The Hall–Kier alpha value is -2.04. The Morgan fingerprint density at radius 3 is 2.50 bits per heavy atom. The zero-order chi connectivity index (χ0) is 13.3. The Balaban J connectivity index is 2.38. The van der Waals surface area contributed by atoms with E-state index in [4.69, 9.17) is 9.26 Å². The Morgan fingerprint density at radius 1 is 1.28 bits per heavy atom. The monoisotopic (exact) mass is 248 g/mol. The molecule has 18 heavy (non-hydrogen) atoms. The number of phenols is 1. The van der Waals surface area contributed by atoms with Gasteiger partial charge in [0.05, 0.1) is 7.11 Å². The number of methoxy groups -OCH3 is 1. The maximum absolute atomic E-state index is 9.70. The van der Waals surface area contributed by atoms with Crippen LogP contribution < -0.4 is 4.74 Å². The van der Waals surface area contributed by atoms with Crippen LogP contribution in [0.15, 0.2) is 22.7 Å². The van der Waals surface area contributed by atoms with E-state index in [1.165, 1.54) is 7.11 Å². The number of hydrogen-bond acceptors (Lipinski definition) is 5. The van der Waals surface area contributed by atoms with Gasteiger partial charge in [-0.05, 0) is 18.2 Å². The molecule has 0 radical (unpaired) electrons. The first-order valence-electron chi connectivity index (χ1n) is 5.63. The summed E-state index contributed by atoms with van der Waals surface area (Å²) >= 11 is 0. The lowest BCUT2D eigenvalue weighted by atomic mass is 9.96. The summed E-state index contributed by atoms with van der Waals surface area (Å²) in [6.45, 7) is 6.02. The number of aromatic hydroxyl groups is 1. The highest BCUT2D eigenvalue weighted by molar-refractivity contribution is 5.59. The van der Waals surface area contributed by atoms with Crippen molar-refractivity contribution >= 4 is 0 Å². The molecule has 2 rings (SSSR count). The fourth-order valence-corrected chi connectivity index (χ4v) is 1.47. The summed E-state index contributed by atoms with van der Waals surface area (Å²) in [4.78, 5) is 4.32. The maximum atomic E-state index is 9.70. The molecule has 0 spiro atoms. The predicted molar refractivity (Wildman–Crippen MR) is 66.7 cm³/mol. The highest BCUT2D eigenvalue weighted by Crippen LogP contribution is 2.31. The normalized spacial score (nSPS) is 11.6. The lowest BCUT2D eigenvalue weighted by Crippen LogP contribution is -2.13. The highest BCUT2D eigenvalue weighted by Gasteiger charge is 2.21. The smallest absolute Gasteiger partial charge is 0.258 e. The molecule has 0 amide bonds. The molecule has 0 atom stereocenters. The predicted octanol–water partition coefficient (Wildman–Crippen LogP) is 2.75. The van der Waals surface area contributed by atoms with Gasteiger partial charge in [-0.1, -0.05) is 25.9 Å². The number of benzene rings is 1. The Kier molecular flexibility index (Phi) is 2.98. The topological polar surface area (TPSA) is 68.4 Å². The lowest BCUT2D eigenvalue weighted by molar-refractivity contribution is 0.373. The molecule has 0 unspecified atom stereocenters. The van der Waals surface area contributed by atoms with E-state index in [-0.39, 0.29) is 11.2 Å². The molecule has 5 nitrogen and oxygen atoms in total. The molecular formula is C13H16N2O3. The zero-order valence-corrected chi connectivity index (χ0v) is 10.9. The van der Waals surface area contributed by atoms with Crippen LogP contribution in [0, 0.1) is 0 Å². The van der Waals surface area contributed by atoms with Gasteiger partial charge in [0.15, 0.2) is 17.3 Å². The largest absolute Gasteiger partial charge is 0.504 e. The van der Waals surface area contributed by atoms with E-state index in [1.54, 1.807) is 18.2 Å². The third kappa shape index (κ3) is 2.30. The molecule has 5 heteroatoms. The first-order chi connectivity index (χ1) is 8.41. The summed E-state index contributed by atoms with van der Waals surface area (Å²) in [6.07, 6.45) is 0. The first kappa shape index (κ1) is 12.4. The van der Waals surface area contributed by atoms with Crippen LogP contribution in [0.1, 0.15) is 26.6 Å². The van der Waals surface area contributed by atoms with Gasteiger partial charge < -0.3 is 14.4 Å². The van der Waals surface area contributed by atoms with Crippen LogP contribution in [-0.2, 0) is 5.41 Å². The third-order valence-corrected chi connectivity index (χ3v) is 2.52. The van der Waals surface area contributed by atoms with Gasteiger partial charge in [0.1, 0.15) is 0 Å². The van der Waals surface area contributed by atoms with E-state index in [2.05, 4.69) is 10.1 Å². The van der Waals surface area contributed by atoms with Crippen molar-refractivity contribution in [2.75, 3.05) is 7.11 Å². The SMILES string of the molecule is COc1ccc(-c2nc(C(C)(C)C)no2)cc1O. The van der Waals surface area contributed by atoms with Crippen molar-refractivity contribution in [3.8, 4) is 23.0 Å². The van der Waals surface area contributed by atoms with Crippen LogP contribution in [0.2, 0.25) is 0 Å². The Labute approximate surface area is 105 Å². The number of nitrogens with zero attached hydrogens (tertiary/aromatic N) is 2. The quantitative estimate of drug-likeness (QED) is 0.885. The summed E-state index contributed by atoms with van der Waals surface area (Å²) < 4.78 is 10.2. The zero-order valence-electron chi connectivity index (χ0n) is 10.9. The molecule has 0 aliphatic heterocycles. The molecule has 1 N–H and O–H groups in total. The molecule has 2 aromatic rings. The molecule has 1 aromatic carbocycles. The van der Waals surface area contributed by atoms with Gasteiger partial charge in [-0.2, -0.15) is 4.98 Å². The third-order valence-electron chi connectivity index (χ3n) is 2.52. The molecule has 0 bridgehead atoms. The molecule has 96 valence electrons. The second-order valence-corrected chi connectivity index (χ2v) is 5.06. The van der Waals surface area contributed by atoms with Gasteiger partial charge in [0.2, 0.25) is 0 Å². The summed E-state index contributed by atoms with van der Waals surface area (Å²) in [7, 11) is 1.50. The molecule has 0 aliphatic rings. The number of hydrogen-bond donors (Lipinski definition) is 1. The lowest BCUT2D eigenvalue weighted by Gasteiger charge is -2.10. The van der Waals surface area contributed by atoms with Crippen molar-refractivity contribution in [2.24, 2.45) is 0 Å². The van der Waals surface area contributed by atoms with Crippen molar-refractivity contribution in [1.29, 1.82) is 0 Å². The van der Waals surface area contributed by atoms with E-state index < -0.39 is 0 Å². The minimum Gasteiger partial charge on any atom is -0.504 e. The van der Waals surface area contributed by atoms with Crippen molar-refractivity contribution in [1.82, 2.24) is 10.1 Å². The first-order valence-corrected chi connectivity index (χ1v) is 5.63. The van der Waals surface area contributed by atoms with Crippen LogP contribution in [0.25, 0.3) is 11.5 Å². The van der Waals surface area contributed by atoms with Crippen LogP contribution >= 0.6 is 0 Å². The minimum atomic E-state index is -0.170. The van der Waals surface area contributed by atoms with E-state index in [1.807, 2.05) is 20.8 Å². The molecule has 0 saturated heterocycles. The molecule has 1 heterocycles. The standard InChI is InChI=1S/C13H16N2O3/c1-13(2,3)12-14-11(18-15-12)8-5-6-10(17-4)9(16)7-8/h5-7,16H,1-4H3. The number of phenolic OH excluding ortho intramolecular Hbond substituents is 1. The maximum Gasteiger partial charge on any atom is 0.258 e. The van der Waals surface area contributed by atoms with Gasteiger partial charge in [-0.25, -0.2) is 0 Å².